The molecule has 2 aromatic carbocycles. The van der Waals surface area contributed by atoms with Gasteiger partial charge in [-0.3, -0.25) is 4.79 Å². The van der Waals surface area contributed by atoms with Crippen molar-refractivity contribution in [3.8, 4) is 0 Å². The summed E-state index contributed by atoms with van der Waals surface area (Å²) in [6.07, 6.45) is 1.45. The van der Waals surface area contributed by atoms with Gasteiger partial charge in [-0.25, -0.2) is 9.18 Å². The van der Waals surface area contributed by atoms with Crippen molar-refractivity contribution in [2.45, 2.75) is 25.4 Å². The van der Waals surface area contributed by atoms with Crippen LogP contribution >= 0.6 is 0 Å². The first-order valence-electron chi connectivity index (χ1n) is 8.75. The van der Waals surface area contributed by atoms with Crippen molar-refractivity contribution >= 4 is 11.9 Å². The van der Waals surface area contributed by atoms with Crippen LogP contribution in [-0.4, -0.2) is 36.0 Å². The average molecular weight is 355 g/mol. The molecular formula is C20H22FN3O2. The zero-order chi connectivity index (χ0) is 18.4. The van der Waals surface area contributed by atoms with Crippen molar-refractivity contribution in [2.24, 2.45) is 0 Å². The number of benzene rings is 2. The number of rotatable bonds is 4. The molecule has 2 aromatic rings. The fourth-order valence-corrected chi connectivity index (χ4v) is 2.98. The maximum atomic E-state index is 12.9. The van der Waals surface area contributed by atoms with Gasteiger partial charge >= 0.3 is 6.03 Å². The van der Waals surface area contributed by atoms with E-state index >= 15 is 0 Å². The Labute approximate surface area is 152 Å². The van der Waals surface area contributed by atoms with Gasteiger partial charge in [-0.1, -0.05) is 30.3 Å². The Hall–Kier alpha value is -2.89. The van der Waals surface area contributed by atoms with Gasteiger partial charge < -0.3 is 15.5 Å². The number of nitrogens with zero attached hydrogens (tertiary/aromatic N) is 1. The van der Waals surface area contributed by atoms with Gasteiger partial charge in [0.1, 0.15) is 5.82 Å². The first kappa shape index (κ1) is 17.9. The molecule has 0 unspecified atom stereocenters. The Morgan fingerprint density at radius 2 is 1.65 bits per heavy atom. The molecule has 5 nitrogen and oxygen atoms in total. The highest BCUT2D eigenvalue weighted by Gasteiger charge is 2.23. The van der Waals surface area contributed by atoms with Gasteiger partial charge in [-0.15, -0.1) is 0 Å². The number of nitrogens with one attached hydrogen (secondary N) is 2. The van der Waals surface area contributed by atoms with E-state index in [4.69, 9.17) is 0 Å². The fourth-order valence-electron chi connectivity index (χ4n) is 2.98. The minimum Gasteiger partial charge on any atom is -0.349 e. The van der Waals surface area contributed by atoms with E-state index in [2.05, 4.69) is 10.6 Å². The second kappa shape index (κ2) is 8.47. The lowest BCUT2D eigenvalue weighted by molar-refractivity contribution is 0.0918. The molecule has 2 N–H and O–H groups in total. The molecule has 136 valence electrons. The van der Waals surface area contributed by atoms with Crippen LogP contribution in [0.4, 0.5) is 9.18 Å². The number of carbonyl (C=O) groups is 2. The molecule has 1 saturated heterocycles. The molecular weight excluding hydrogens is 333 g/mol. The van der Waals surface area contributed by atoms with Gasteiger partial charge in [0.25, 0.3) is 5.91 Å². The molecule has 0 aromatic heterocycles. The zero-order valence-electron chi connectivity index (χ0n) is 14.5. The number of hydrogen-bond donors (Lipinski definition) is 2. The van der Waals surface area contributed by atoms with Crippen LogP contribution in [0.1, 0.15) is 28.8 Å². The van der Waals surface area contributed by atoms with Crippen molar-refractivity contribution in [2.75, 3.05) is 13.1 Å². The van der Waals surface area contributed by atoms with E-state index in [1.807, 2.05) is 18.2 Å². The van der Waals surface area contributed by atoms with Crippen LogP contribution in [0.3, 0.4) is 0 Å². The van der Waals surface area contributed by atoms with E-state index in [1.54, 1.807) is 29.2 Å². The van der Waals surface area contributed by atoms with E-state index in [0.29, 0.717) is 25.2 Å². The summed E-state index contributed by atoms with van der Waals surface area (Å²) in [5.41, 5.74) is 1.50. The van der Waals surface area contributed by atoms with Crippen molar-refractivity contribution in [1.29, 1.82) is 0 Å². The van der Waals surface area contributed by atoms with E-state index in [9.17, 15) is 14.0 Å². The van der Waals surface area contributed by atoms with Crippen LogP contribution in [-0.2, 0) is 6.54 Å². The molecule has 0 aliphatic carbocycles. The van der Waals surface area contributed by atoms with E-state index < -0.39 is 0 Å². The number of piperidine rings is 1. The summed E-state index contributed by atoms with van der Waals surface area (Å²) in [5, 5.41) is 5.87. The van der Waals surface area contributed by atoms with Crippen molar-refractivity contribution in [1.82, 2.24) is 15.5 Å². The van der Waals surface area contributed by atoms with Gasteiger partial charge in [-0.2, -0.15) is 0 Å². The SMILES string of the molecule is O=C(NC1CCN(C(=O)NCc2ccc(F)cc2)CC1)c1ccccc1. The van der Waals surface area contributed by atoms with Crippen LogP contribution in [0, 0.1) is 5.82 Å². The minimum absolute atomic E-state index is 0.0730. The average Bonchev–Trinajstić information content (AvgIpc) is 2.68. The molecule has 3 amide bonds. The zero-order valence-corrected chi connectivity index (χ0v) is 14.5. The van der Waals surface area contributed by atoms with E-state index in [-0.39, 0.29) is 23.8 Å². The normalized spacial score (nSPS) is 14.7. The summed E-state index contributed by atoms with van der Waals surface area (Å²) in [7, 11) is 0. The quantitative estimate of drug-likeness (QED) is 0.886. The summed E-state index contributed by atoms with van der Waals surface area (Å²) >= 11 is 0. The van der Waals surface area contributed by atoms with Gasteiger partial charge in [0.15, 0.2) is 0 Å². The third kappa shape index (κ3) is 4.81. The van der Waals surface area contributed by atoms with Crippen LogP contribution in [0.25, 0.3) is 0 Å². The molecule has 1 fully saturated rings. The highest BCUT2D eigenvalue weighted by molar-refractivity contribution is 5.94. The van der Waals surface area contributed by atoms with E-state index in [0.717, 1.165) is 18.4 Å². The molecule has 1 aliphatic rings. The Balaban J connectivity index is 1.42. The fraction of sp³-hybridized carbons (Fsp3) is 0.300. The number of urea groups is 1. The maximum Gasteiger partial charge on any atom is 0.317 e. The summed E-state index contributed by atoms with van der Waals surface area (Å²) in [6.45, 7) is 1.55. The van der Waals surface area contributed by atoms with Gasteiger partial charge in [0.2, 0.25) is 0 Å². The summed E-state index contributed by atoms with van der Waals surface area (Å²) in [6, 6.07) is 15.1. The molecule has 0 radical (unpaired) electrons. The predicted molar refractivity (Wildman–Crippen MR) is 97.1 cm³/mol. The smallest absolute Gasteiger partial charge is 0.317 e. The topological polar surface area (TPSA) is 61.4 Å². The number of halogens is 1. The van der Waals surface area contributed by atoms with E-state index in [1.165, 1.54) is 12.1 Å². The molecule has 0 spiro atoms. The third-order valence-corrected chi connectivity index (χ3v) is 4.51. The minimum atomic E-state index is -0.292. The van der Waals surface area contributed by atoms with Crippen molar-refractivity contribution in [3.05, 3.63) is 71.5 Å². The third-order valence-electron chi connectivity index (χ3n) is 4.51. The lowest BCUT2D eigenvalue weighted by Gasteiger charge is -2.32. The summed E-state index contributed by atoms with van der Waals surface area (Å²) in [5.74, 6) is -0.371. The molecule has 1 heterocycles. The van der Waals surface area contributed by atoms with Gasteiger partial charge in [0.05, 0.1) is 0 Å². The molecule has 0 bridgehead atoms. The molecule has 26 heavy (non-hydrogen) atoms. The predicted octanol–water partition coefficient (Wildman–Crippen LogP) is 2.93. The Kier molecular flexibility index (Phi) is 5.84. The first-order chi connectivity index (χ1) is 12.6. The summed E-state index contributed by atoms with van der Waals surface area (Å²) in [4.78, 5) is 26.2. The Morgan fingerprint density at radius 1 is 1.00 bits per heavy atom. The standard InChI is InChI=1S/C20H22FN3O2/c21-17-8-6-15(7-9-17)14-22-20(26)24-12-10-18(11-13-24)23-19(25)16-4-2-1-3-5-16/h1-9,18H,10-14H2,(H,22,26)(H,23,25). The number of hydrogen-bond acceptors (Lipinski definition) is 2. The maximum absolute atomic E-state index is 12.9. The van der Waals surface area contributed by atoms with Gasteiger partial charge in [0, 0.05) is 31.2 Å². The van der Waals surface area contributed by atoms with Crippen LogP contribution in [0.2, 0.25) is 0 Å². The highest BCUT2D eigenvalue weighted by atomic mass is 19.1. The largest absolute Gasteiger partial charge is 0.349 e. The highest BCUT2D eigenvalue weighted by Crippen LogP contribution is 2.12. The number of likely N-dealkylation sites (tertiary alicyclic amines) is 1. The number of carbonyl (C=O) groups excluding carboxylic acids is 2. The summed E-state index contributed by atoms with van der Waals surface area (Å²) < 4.78 is 12.9. The molecule has 1 aliphatic heterocycles. The Morgan fingerprint density at radius 3 is 2.31 bits per heavy atom. The second-order valence-corrected chi connectivity index (χ2v) is 6.39. The molecule has 0 atom stereocenters. The monoisotopic (exact) mass is 355 g/mol. The lowest BCUT2D eigenvalue weighted by atomic mass is 10.0. The van der Waals surface area contributed by atoms with Gasteiger partial charge in [-0.05, 0) is 42.7 Å². The van der Waals surface area contributed by atoms with Crippen LogP contribution in [0.15, 0.2) is 54.6 Å². The lowest BCUT2D eigenvalue weighted by Crippen LogP contribution is -2.49. The Bertz CT molecular complexity index is 741. The molecule has 3 rings (SSSR count). The first-order valence-corrected chi connectivity index (χ1v) is 8.75. The van der Waals surface area contributed by atoms with Crippen molar-refractivity contribution < 1.29 is 14.0 Å². The number of amides is 3. The van der Waals surface area contributed by atoms with Crippen LogP contribution < -0.4 is 10.6 Å². The van der Waals surface area contributed by atoms with Crippen LogP contribution in [0.5, 0.6) is 0 Å². The second-order valence-electron chi connectivity index (χ2n) is 6.39. The molecule has 0 saturated carbocycles. The van der Waals surface area contributed by atoms with Crippen molar-refractivity contribution in [3.63, 3.8) is 0 Å². The molecule has 6 heteroatoms.